The predicted octanol–water partition coefficient (Wildman–Crippen LogP) is 2.80. The highest BCUT2D eigenvalue weighted by Crippen LogP contribution is 2.26. The Kier molecular flexibility index (Phi) is 2.28. The molecule has 4 heteroatoms. The van der Waals surface area contributed by atoms with Crippen LogP contribution >= 0.6 is 11.3 Å². The van der Waals surface area contributed by atoms with Crippen molar-refractivity contribution >= 4 is 33.2 Å². The molecule has 76 valence electrons. The van der Waals surface area contributed by atoms with E-state index in [4.69, 9.17) is 5.11 Å². The van der Waals surface area contributed by atoms with Gasteiger partial charge >= 0.3 is 5.97 Å². The van der Waals surface area contributed by atoms with Gasteiger partial charge in [-0.1, -0.05) is 12.1 Å². The highest BCUT2D eigenvalue weighted by Gasteiger charge is 2.09. The van der Waals surface area contributed by atoms with Crippen LogP contribution in [0.5, 0.6) is 0 Å². The molecule has 15 heavy (non-hydrogen) atoms. The highest BCUT2D eigenvalue weighted by atomic mass is 32.1. The van der Waals surface area contributed by atoms with Gasteiger partial charge in [0.15, 0.2) is 5.78 Å². The molecule has 1 heterocycles. The van der Waals surface area contributed by atoms with Crippen molar-refractivity contribution in [3.63, 3.8) is 0 Å². The molecule has 0 amide bonds. The van der Waals surface area contributed by atoms with Crippen molar-refractivity contribution in [2.45, 2.75) is 6.92 Å². The van der Waals surface area contributed by atoms with E-state index >= 15 is 0 Å². The van der Waals surface area contributed by atoms with Gasteiger partial charge in [-0.25, -0.2) is 4.79 Å². The van der Waals surface area contributed by atoms with E-state index in [-0.39, 0.29) is 5.78 Å². The van der Waals surface area contributed by atoms with Crippen molar-refractivity contribution in [2.75, 3.05) is 0 Å². The minimum Gasteiger partial charge on any atom is -0.477 e. The van der Waals surface area contributed by atoms with Crippen LogP contribution in [0.25, 0.3) is 10.1 Å². The zero-order valence-corrected chi connectivity index (χ0v) is 8.80. The van der Waals surface area contributed by atoms with Crippen LogP contribution in [-0.4, -0.2) is 16.9 Å². The summed E-state index contributed by atoms with van der Waals surface area (Å²) in [6.07, 6.45) is 0. The number of hydrogen-bond donors (Lipinski definition) is 1. The molecule has 3 nitrogen and oxygen atoms in total. The summed E-state index contributed by atoms with van der Waals surface area (Å²) < 4.78 is 0.833. The first-order valence-electron chi connectivity index (χ1n) is 4.36. The van der Waals surface area contributed by atoms with Gasteiger partial charge in [0.25, 0.3) is 0 Å². The Morgan fingerprint density at radius 3 is 2.60 bits per heavy atom. The molecule has 0 aliphatic heterocycles. The molecule has 0 fully saturated rings. The van der Waals surface area contributed by atoms with E-state index in [1.54, 1.807) is 24.3 Å². The molecular formula is C11H8O3S. The van der Waals surface area contributed by atoms with E-state index in [0.717, 1.165) is 10.1 Å². The minimum atomic E-state index is -0.930. The number of carbonyl (C=O) groups is 2. The lowest BCUT2D eigenvalue weighted by Gasteiger charge is -1.93. The van der Waals surface area contributed by atoms with E-state index in [2.05, 4.69) is 0 Å². The van der Waals surface area contributed by atoms with E-state index in [1.807, 2.05) is 0 Å². The molecule has 1 aromatic carbocycles. The second-order valence-corrected chi connectivity index (χ2v) is 4.31. The molecule has 2 aromatic rings. The van der Waals surface area contributed by atoms with E-state index < -0.39 is 5.97 Å². The average Bonchev–Trinajstić information content (AvgIpc) is 2.59. The molecule has 0 saturated heterocycles. The maximum Gasteiger partial charge on any atom is 0.345 e. The Hall–Kier alpha value is -1.68. The summed E-state index contributed by atoms with van der Waals surface area (Å²) in [5, 5.41) is 9.67. The quantitative estimate of drug-likeness (QED) is 0.792. The standard InChI is InChI=1S/C11H8O3S/c1-6(12)7-2-3-8-5-10(11(13)14)15-9(8)4-7/h2-5H,1H3,(H,13,14). The molecular weight excluding hydrogens is 212 g/mol. The van der Waals surface area contributed by atoms with Crippen LogP contribution in [0.3, 0.4) is 0 Å². The molecule has 0 spiro atoms. The first-order chi connectivity index (χ1) is 7.08. The lowest BCUT2D eigenvalue weighted by molar-refractivity contribution is 0.0702. The van der Waals surface area contributed by atoms with Crippen molar-refractivity contribution in [1.82, 2.24) is 0 Å². The molecule has 0 aliphatic carbocycles. The number of carboxylic acids is 1. The maximum absolute atomic E-state index is 11.1. The zero-order valence-electron chi connectivity index (χ0n) is 7.98. The summed E-state index contributed by atoms with van der Waals surface area (Å²) in [6.45, 7) is 1.49. The van der Waals surface area contributed by atoms with Crippen molar-refractivity contribution in [2.24, 2.45) is 0 Å². The van der Waals surface area contributed by atoms with Crippen LogP contribution in [0.1, 0.15) is 27.0 Å². The number of ketones is 1. The minimum absolute atomic E-state index is 0.0119. The van der Waals surface area contributed by atoms with Crippen molar-refractivity contribution in [3.8, 4) is 0 Å². The number of carbonyl (C=O) groups excluding carboxylic acids is 1. The Morgan fingerprint density at radius 2 is 2.00 bits per heavy atom. The maximum atomic E-state index is 11.1. The van der Waals surface area contributed by atoms with Gasteiger partial charge in [-0.05, 0) is 24.4 Å². The third kappa shape index (κ3) is 1.76. The van der Waals surface area contributed by atoms with Crippen LogP contribution in [-0.2, 0) is 0 Å². The molecule has 0 radical (unpaired) electrons. The normalized spacial score (nSPS) is 10.5. The van der Waals surface area contributed by atoms with Gasteiger partial charge in [0.05, 0.1) is 0 Å². The average molecular weight is 220 g/mol. The van der Waals surface area contributed by atoms with Gasteiger partial charge in [0, 0.05) is 10.3 Å². The monoisotopic (exact) mass is 220 g/mol. The largest absolute Gasteiger partial charge is 0.477 e. The van der Waals surface area contributed by atoms with Crippen molar-refractivity contribution in [3.05, 3.63) is 34.7 Å². The molecule has 0 bridgehead atoms. The number of aromatic carboxylic acids is 1. The molecule has 0 unspecified atom stereocenters. The summed E-state index contributed by atoms with van der Waals surface area (Å²) in [5.74, 6) is -0.942. The third-order valence-corrected chi connectivity index (χ3v) is 3.22. The Balaban J connectivity index is 2.62. The summed E-state index contributed by atoms with van der Waals surface area (Å²) in [5.41, 5.74) is 0.612. The van der Waals surface area contributed by atoms with Gasteiger partial charge < -0.3 is 5.11 Å². The third-order valence-electron chi connectivity index (χ3n) is 2.14. The number of Topliss-reactive ketones (excluding diaryl/α,β-unsaturated/α-hetero) is 1. The van der Waals surface area contributed by atoms with Gasteiger partial charge in [-0.15, -0.1) is 11.3 Å². The Bertz CT molecular complexity index is 542. The number of thiophene rings is 1. The van der Waals surface area contributed by atoms with E-state index in [0.29, 0.717) is 10.4 Å². The second-order valence-electron chi connectivity index (χ2n) is 3.22. The molecule has 0 atom stereocenters. The Morgan fingerprint density at radius 1 is 1.27 bits per heavy atom. The number of benzene rings is 1. The number of hydrogen-bond acceptors (Lipinski definition) is 3. The predicted molar refractivity (Wildman–Crippen MR) is 58.8 cm³/mol. The lowest BCUT2D eigenvalue weighted by atomic mass is 10.1. The first kappa shape index (κ1) is 9.86. The first-order valence-corrected chi connectivity index (χ1v) is 5.17. The van der Waals surface area contributed by atoms with Gasteiger partial charge in [0.1, 0.15) is 4.88 Å². The summed E-state index contributed by atoms with van der Waals surface area (Å²) >= 11 is 1.19. The fourth-order valence-electron chi connectivity index (χ4n) is 1.36. The van der Waals surface area contributed by atoms with E-state index in [9.17, 15) is 9.59 Å². The smallest absolute Gasteiger partial charge is 0.345 e. The zero-order chi connectivity index (χ0) is 11.0. The van der Waals surface area contributed by atoms with Crippen LogP contribution in [0.4, 0.5) is 0 Å². The second kappa shape index (κ2) is 3.47. The SMILES string of the molecule is CC(=O)c1ccc2cc(C(=O)O)sc2c1. The van der Waals surface area contributed by atoms with E-state index in [1.165, 1.54) is 18.3 Å². The number of fused-ring (bicyclic) bond motifs is 1. The topological polar surface area (TPSA) is 54.4 Å². The summed E-state index contributed by atoms with van der Waals surface area (Å²) in [7, 11) is 0. The lowest BCUT2D eigenvalue weighted by Crippen LogP contribution is -1.89. The van der Waals surface area contributed by atoms with Crippen LogP contribution in [0, 0.1) is 0 Å². The summed E-state index contributed by atoms with van der Waals surface area (Å²) in [4.78, 5) is 22.1. The van der Waals surface area contributed by atoms with Crippen LogP contribution in [0.2, 0.25) is 0 Å². The van der Waals surface area contributed by atoms with Crippen LogP contribution in [0.15, 0.2) is 24.3 Å². The van der Waals surface area contributed by atoms with Gasteiger partial charge in [-0.3, -0.25) is 4.79 Å². The highest BCUT2D eigenvalue weighted by molar-refractivity contribution is 7.20. The van der Waals surface area contributed by atoms with Gasteiger partial charge in [-0.2, -0.15) is 0 Å². The van der Waals surface area contributed by atoms with Gasteiger partial charge in [0.2, 0.25) is 0 Å². The molecule has 2 rings (SSSR count). The fourth-order valence-corrected chi connectivity index (χ4v) is 2.30. The summed E-state index contributed by atoms with van der Waals surface area (Å²) in [6, 6.07) is 6.83. The molecule has 0 saturated carbocycles. The number of rotatable bonds is 2. The molecule has 1 N–H and O–H groups in total. The molecule has 0 aliphatic rings. The van der Waals surface area contributed by atoms with Crippen LogP contribution < -0.4 is 0 Å². The van der Waals surface area contributed by atoms with Crippen molar-refractivity contribution in [1.29, 1.82) is 0 Å². The molecule has 1 aromatic heterocycles. The number of carboxylic acid groups (broad SMARTS) is 1. The van der Waals surface area contributed by atoms with Crippen molar-refractivity contribution < 1.29 is 14.7 Å². The fraction of sp³-hybridized carbons (Fsp3) is 0.0909. The Labute approximate surface area is 90.0 Å².